The van der Waals surface area contributed by atoms with E-state index in [9.17, 15) is 19.5 Å². The summed E-state index contributed by atoms with van der Waals surface area (Å²) in [5.74, 6) is -2.24. The summed E-state index contributed by atoms with van der Waals surface area (Å²) in [7, 11) is 1.60. The minimum absolute atomic E-state index is 0.100. The highest BCUT2D eigenvalue weighted by Crippen LogP contribution is 2.54. The van der Waals surface area contributed by atoms with Crippen molar-refractivity contribution in [3.05, 3.63) is 53.1 Å². The number of methoxy groups -OCH3 is 1. The van der Waals surface area contributed by atoms with Crippen molar-refractivity contribution < 1.29 is 29.0 Å². The molecular weight excluding hydrogens is 468 g/mol. The number of allylic oxidation sites excluding steroid dienone is 4. The van der Waals surface area contributed by atoms with Crippen molar-refractivity contribution in [3.8, 4) is 5.75 Å². The Kier molecular flexibility index (Phi) is 8.97. The summed E-state index contributed by atoms with van der Waals surface area (Å²) in [6.07, 6.45) is 4.28. The van der Waals surface area contributed by atoms with Gasteiger partial charge in [0, 0.05) is 12.3 Å². The molecule has 3 unspecified atom stereocenters. The third kappa shape index (κ3) is 6.29. The Morgan fingerprint density at radius 3 is 2.27 bits per heavy atom. The van der Waals surface area contributed by atoms with Crippen LogP contribution in [-0.4, -0.2) is 47.4 Å². The Balaban J connectivity index is 1.99. The molecule has 1 aromatic rings. The van der Waals surface area contributed by atoms with Gasteiger partial charge in [0.05, 0.1) is 30.3 Å². The molecule has 202 valence electrons. The van der Waals surface area contributed by atoms with Gasteiger partial charge in [-0.1, -0.05) is 35.4 Å². The third-order valence-corrected chi connectivity index (χ3v) is 7.76. The fourth-order valence-electron chi connectivity index (χ4n) is 5.52. The standard InChI is InChI=1S/C31H42O6/c1-19(2)8-14-23-27(33)26(24(32)15-11-21-9-12-22(36-7)13-10-21)28(34)31(17-16-20(3)4)18-25(30(5,6)35)37-29(23)31/h8-10,12-13,16,23,25-26,29,35H,11,14-15,17-18H2,1-7H3/t23?,25-,26?,29?,31+/m0/s1. The number of ether oxygens (including phenoxy) is 2. The van der Waals surface area contributed by atoms with Crippen molar-refractivity contribution >= 4 is 17.3 Å². The minimum Gasteiger partial charge on any atom is -0.497 e. The SMILES string of the molecule is COc1ccc(CCC(=O)C2C(=O)C(CC=C(C)C)C3O[C@H](C(C)(C)O)C[C@]3(CC=C(C)C)C2=O)cc1. The number of hydrogen-bond acceptors (Lipinski definition) is 6. The van der Waals surface area contributed by atoms with Gasteiger partial charge in [-0.25, -0.2) is 0 Å². The molecule has 0 bridgehead atoms. The number of carbonyl (C=O) groups excluding carboxylic acids is 3. The van der Waals surface area contributed by atoms with Crippen LogP contribution in [0.3, 0.4) is 0 Å². The van der Waals surface area contributed by atoms with E-state index in [2.05, 4.69) is 0 Å². The second kappa shape index (κ2) is 11.4. The van der Waals surface area contributed by atoms with Gasteiger partial charge in [-0.2, -0.15) is 0 Å². The minimum atomic E-state index is -1.31. The first kappa shape index (κ1) is 29.0. The molecule has 1 N–H and O–H groups in total. The highest BCUT2D eigenvalue weighted by molar-refractivity contribution is 6.23. The van der Waals surface area contributed by atoms with Crippen LogP contribution in [0.2, 0.25) is 0 Å². The molecule has 1 aliphatic heterocycles. The summed E-state index contributed by atoms with van der Waals surface area (Å²) < 4.78 is 11.6. The quantitative estimate of drug-likeness (QED) is 0.343. The summed E-state index contributed by atoms with van der Waals surface area (Å²) in [6, 6.07) is 7.44. The van der Waals surface area contributed by atoms with E-state index in [1.165, 1.54) is 0 Å². The lowest BCUT2D eigenvalue weighted by Gasteiger charge is -2.43. The molecule has 3 rings (SSSR count). The van der Waals surface area contributed by atoms with Crippen molar-refractivity contribution in [1.29, 1.82) is 0 Å². The number of carbonyl (C=O) groups is 3. The molecule has 1 saturated heterocycles. The maximum atomic E-state index is 14.2. The molecule has 2 fully saturated rings. The Labute approximate surface area is 221 Å². The van der Waals surface area contributed by atoms with Crippen molar-refractivity contribution in [1.82, 2.24) is 0 Å². The largest absolute Gasteiger partial charge is 0.497 e. The number of ketones is 3. The van der Waals surface area contributed by atoms with E-state index < -0.39 is 35.1 Å². The first-order valence-electron chi connectivity index (χ1n) is 13.2. The molecule has 2 aliphatic rings. The number of hydrogen-bond donors (Lipinski definition) is 1. The van der Waals surface area contributed by atoms with Gasteiger partial charge in [-0.3, -0.25) is 14.4 Å². The molecule has 1 aliphatic carbocycles. The van der Waals surface area contributed by atoms with Crippen LogP contribution in [0.1, 0.15) is 72.8 Å². The molecule has 0 aromatic heterocycles. The van der Waals surface area contributed by atoms with E-state index in [4.69, 9.17) is 9.47 Å². The van der Waals surface area contributed by atoms with Crippen molar-refractivity contribution in [2.24, 2.45) is 17.3 Å². The molecule has 37 heavy (non-hydrogen) atoms. The van der Waals surface area contributed by atoms with Crippen LogP contribution in [0, 0.1) is 17.3 Å². The fourth-order valence-corrected chi connectivity index (χ4v) is 5.52. The first-order chi connectivity index (χ1) is 17.3. The number of aryl methyl sites for hydroxylation is 1. The van der Waals surface area contributed by atoms with Crippen LogP contribution in [-0.2, 0) is 25.5 Å². The Morgan fingerprint density at radius 2 is 1.73 bits per heavy atom. The molecule has 0 spiro atoms. The van der Waals surface area contributed by atoms with Crippen molar-refractivity contribution in [2.75, 3.05) is 7.11 Å². The molecule has 1 saturated carbocycles. The molecule has 1 heterocycles. The van der Waals surface area contributed by atoms with Gasteiger partial charge in [-0.05, 0) is 84.9 Å². The molecule has 0 radical (unpaired) electrons. The van der Waals surface area contributed by atoms with Gasteiger partial charge in [-0.15, -0.1) is 0 Å². The lowest BCUT2D eigenvalue weighted by atomic mass is 9.57. The van der Waals surface area contributed by atoms with Crippen LogP contribution in [0.5, 0.6) is 5.75 Å². The lowest BCUT2D eigenvalue weighted by Crippen LogP contribution is -2.58. The number of benzene rings is 1. The predicted molar refractivity (Wildman–Crippen MR) is 143 cm³/mol. The second-order valence-electron chi connectivity index (χ2n) is 11.7. The number of Topliss-reactive ketones (excluding diaryl/α,β-unsaturated/α-hetero) is 3. The molecular formula is C31H42O6. The zero-order chi connectivity index (χ0) is 27.5. The average molecular weight is 511 g/mol. The third-order valence-electron chi connectivity index (χ3n) is 7.76. The summed E-state index contributed by atoms with van der Waals surface area (Å²) in [5.41, 5.74) is 0.824. The topological polar surface area (TPSA) is 89.9 Å². The van der Waals surface area contributed by atoms with E-state index in [0.29, 0.717) is 19.3 Å². The highest BCUT2D eigenvalue weighted by atomic mass is 16.5. The number of aliphatic hydroxyl groups is 1. The van der Waals surface area contributed by atoms with Gasteiger partial charge in [0.1, 0.15) is 11.7 Å². The molecule has 1 aromatic carbocycles. The van der Waals surface area contributed by atoms with Crippen LogP contribution < -0.4 is 4.74 Å². The molecule has 5 atom stereocenters. The van der Waals surface area contributed by atoms with E-state index in [1.54, 1.807) is 21.0 Å². The summed E-state index contributed by atoms with van der Waals surface area (Å²) in [5, 5.41) is 10.8. The fraction of sp³-hybridized carbons (Fsp3) is 0.581. The van der Waals surface area contributed by atoms with Gasteiger partial charge in [0.15, 0.2) is 17.3 Å². The van der Waals surface area contributed by atoms with Crippen LogP contribution in [0.15, 0.2) is 47.6 Å². The van der Waals surface area contributed by atoms with Gasteiger partial charge >= 0.3 is 0 Å². The second-order valence-corrected chi connectivity index (χ2v) is 11.7. The average Bonchev–Trinajstić information content (AvgIpc) is 3.23. The maximum Gasteiger partial charge on any atom is 0.159 e. The lowest BCUT2D eigenvalue weighted by molar-refractivity contribution is -0.162. The van der Waals surface area contributed by atoms with Gasteiger partial charge in [0.2, 0.25) is 0 Å². The van der Waals surface area contributed by atoms with E-state index in [-0.39, 0.29) is 30.2 Å². The maximum absolute atomic E-state index is 14.2. The van der Waals surface area contributed by atoms with E-state index >= 15 is 0 Å². The van der Waals surface area contributed by atoms with E-state index in [0.717, 1.165) is 22.5 Å². The van der Waals surface area contributed by atoms with Gasteiger partial charge in [0.25, 0.3) is 0 Å². The number of fused-ring (bicyclic) bond motifs is 1. The van der Waals surface area contributed by atoms with E-state index in [1.807, 2.05) is 64.1 Å². The highest BCUT2D eigenvalue weighted by Gasteiger charge is 2.65. The first-order valence-corrected chi connectivity index (χ1v) is 13.2. The smallest absolute Gasteiger partial charge is 0.159 e. The molecule has 6 heteroatoms. The Hall–Kier alpha value is -2.57. The predicted octanol–water partition coefficient (Wildman–Crippen LogP) is 5.21. The Morgan fingerprint density at radius 1 is 1.11 bits per heavy atom. The summed E-state index contributed by atoms with van der Waals surface area (Å²) in [6.45, 7) is 11.2. The van der Waals surface area contributed by atoms with Crippen LogP contribution >= 0.6 is 0 Å². The van der Waals surface area contributed by atoms with Gasteiger partial charge < -0.3 is 14.6 Å². The normalized spacial score (nSPS) is 27.5. The zero-order valence-electron chi connectivity index (χ0n) is 23.3. The van der Waals surface area contributed by atoms with Crippen LogP contribution in [0.25, 0.3) is 0 Å². The van der Waals surface area contributed by atoms with Crippen molar-refractivity contribution in [2.45, 2.75) is 91.5 Å². The number of rotatable bonds is 10. The Bertz CT molecular complexity index is 1070. The summed E-state index contributed by atoms with van der Waals surface area (Å²) in [4.78, 5) is 41.6. The van der Waals surface area contributed by atoms with Crippen molar-refractivity contribution in [3.63, 3.8) is 0 Å². The summed E-state index contributed by atoms with van der Waals surface area (Å²) >= 11 is 0. The monoisotopic (exact) mass is 510 g/mol. The molecule has 6 nitrogen and oxygen atoms in total. The molecule has 0 amide bonds. The van der Waals surface area contributed by atoms with Crippen LogP contribution in [0.4, 0.5) is 0 Å². The zero-order valence-corrected chi connectivity index (χ0v) is 23.3.